The first kappa shape index (κ1) is 20.7. The minimum atomic E-state index is -3.67. The lowest BCUT2D eigenvalue weighted by atomic mass is 10.3. The number of hydrogen-bond acceptors (Lipinski definition) is 5. The van der Waals surface area contributed by atoms with Gasteiger partial charge in [0.15, 0.2) is 6.61 Å². The minimum Gasteiger partial charge on any atom is -0.455 e. The average molecular weight is 403 g/mol. The third-order valence-electron chi connectivity index (χ3n) is 4.31. The van der Waals surface area contributed by atoms with Crippen molar-refractivity contribution in [1.29, 1.82) is 0 Å². The van der Waals surface area contributed by atoms with E-state index in [1.807, 2.05) is 6.92 Å². The molecule has 0 heterocycles. The first-order valence-corrected chi connectivity index (χ1v) is 10.3. The van der Waals surface area contributed by atoms with Gasteiger partial charge in [-0.25, -0.2) is 8.42 Å². The zero-order chi connectivity index (χ0) is 19.5. The zero-order valence-electron chi connectivity index (χ0n) is 15.0. The summed E-state index contributed by atoms with van der Waals surface area (Å²) in [5.41, 5.74) is 0.153. The lowest BCUT2D eigenvalue weighted by Gasteiger charge is -2.19. The van der Waals surface area contributed by atoms with E-state index in [1.54, 1.807) is 13.8 Å². The molecule has 0 radical (unpaired) electrons. The van der Waals surface area contributed by atoms with Gasteiger partial charge >= 0.3 is 5.97 Å². The normalized spacial score (nSPS) is 19.3. The van der Waals surface area contributed by atoms with Crippen molar-refractivity contribution in [2.45, 2.75) is 32.1 Å². The molecule has 0 saturated heterocycles. The summed E-state index contributed by atoms with van der Waals surface area (Å²) in [6, 6.07) is 4.10. The van der Waals surface area contributed by atoms with Crippen molar-refractivity contribution in [3.05, 3.63) is 23.2 Å². The standard InChI is InChI=1S/C17H23ClN2O5S/c1-4-20(5-2)26(23,24)12-6-7-14(18)15(9-12)19-16(21)10-25-17(22)13-8-11(13)3/h6-7,9,11,13H,4-5,8,10H2,1-3H3,(H,19,21)/t11-,13+/m1/s1. The van der Waals surface area contributed by atoms with Crippen LogP contribution in [0.5, 0.6) is 0 Å². The predicted octanol–water partition coefficient (Wildman–Crippen LogP) is 2.51. The molecule has 1 aliphatic rings. The van der Waals surface area contributed by atoms with Crippen molar-refractivity contribution >= 4 is 39.2 Å². The smallest absolute Gasteiger partial charge is 0.309 e. The van der Waals surface area contributed by atoms with Gasteiger partial charge in [0.1, 0.15) is 0 Å². The SMILES string of the molecule is CCN(CC)S(=O)(=O)c1ccc(Cl)c(NC(=O)COC(=O)[C@H]2C[C@H]2C)c1. The Hall–Kier alpha value is -1.64. The van der Waals surface area contributed by atoms with Crippen LogP contribution in [0.4, 0.5) is 5.69 Å². The Bertz CT molecular complexity index is 792. The number of ether oxygens (including phenoxy) is 1. The molecule has 0 unspecified atom stereocenters. The van der Waals surface area contributed by atoms with Crippen molar-refractivity contribution in [3.63, 3.8) is 0 Å². The van der Waals surface area contributed by atoms with Crippen LogP contribution in [0.15, 0.2) is 23.1 Å². The van der Waals surface area contributed by atoms with Crippen LogP contribution in [0.1, 0.15) is 27.2 Å². The molecule has 1 aliphatic carbocycles. The van der Waals surface area contributed by atoms with Crippen molar-refractivity contribution in [2.75, 3.05) is 25.0 Å². The molecule has 144 valence electrons. The Labute approximate surface area is 158 Å². The van der Waals surface area contributed by atoms with Crippen LogP contribution in [0.2, 0.25) is 5.02 Å². The predicted molar refractivity (Wildman–Crippen MR) is 98.4 cm³/mol. The number of carbonyl (C=O) groups excluding carboxylic acids is 2. The van der Waals surface area contributed by atoms with E-state index in [0.29, 0.717) is 19.0 Å². The summed E-state index contributed by atoms with van der Waals surface area (Å²) in [4.78, 5) is 23.7. The highest BCUT2D eigenvalue weighted by molar-refractivity contribution is 7.89. The van der Waals surface area contributed by atoms with Gasteiger partial charge in [0.25, 0.3) is 5.91 Å². The number of anilines is 1. The van der Waals surface area contributed by atoms with E-state index in [0.717, 1.165) is 6.42 Å². The summed E-state index contributed by atoms with van der Waals surface area (Å²) in [6.45, 7) is 5.65. The van der Waals surface area contributed by atoms with E-state index in [1.165, 1.54) is 22.5 Å². The first-order valence-electron chi connectivity index (χ1n) is 8.46. The quantitative estimate of drug-likeness (QED) is 0.674. The lowest BCUT2D eigenvalue weighted by Crippen LogP contribution is -2.30. The maximum absolute atomic E-state index is 12.6. The van der Waals surface area contributed by atoms with Crippen molar-refractivity contribution in [1.82, 2.24) is 4.31 Å². The van der Waals surface area contributed by atoms with Crippen LogP contribution >= 0.6 is 11.6 Å². The molecule has 9 heteroatoms. The number of esters is 1. The van der Waals surface area contributed by atoms with Crippen LogP contribution < -0.4 is 5.32 Å². The molecular formula is C17H23ClN2O5S. The van der Waals surface area contributed by atoms with E-state index in [9.17, 15) is 18.0 Å². The molecule has 1 saturated carbocycles. The molecule has 1 aromatic rings. The van der Waals surface area contributed by atoms with Crippen LogP contribution in [0, 0.1) is 11.8 Å². The third-order valence-corrected chi connectivity index (χ3v) is 6.69. The molecule has 7 nitrogen and oxygen atoms in total. The highest BCUT2D eigenvalue weighted by Gasteiger charge is 2.40. The summed E-state index contributed by atoms with van der Waals surface area (Å²) in [5, 5.41) is 2.69. The van der Waals surface area contributed by atoms with E-state index in [-0.39, 0.29) is 21.5 Å². The molecule has 0 aromatic heterocycles. The summed E-state index contributed by atoms with van der Waals surface area (Å²) in [5.74, 6) is -0.807. The number of amides is 1. The third kappa shape index (κ3) is 4.75. The molecule has 1 amide bonds. The van der Waals surface area contributed by atoms with Crippen LogP contribution in [0.3, 0.4) is 0 Å². The first-order chi connectivity index (χ1) is 12.2. The number of sulfonamides is 1. The van der Waals surface area contributed by atoms with Gasteiger partial charge in [-0.15, -0.1) is 0 Å². The maximum atomic E-state index is 12.6. The molecular weight excluding hydrogens is 380 g/mol. The lowest BCUT2D eigenvalue weighted by molar-refractivity contribution is -0.148. The van der Waals surface area contributed by atoms with Gasteiger partial charge in [0.2, 0.25) is 10.0 Å². The average Bonchev–Trinajstić information content (AvgIpc) is 3.32. The number of hydrogen-bond donors (Lipinski definition) is 1. The summed E-state index contributed by atoms with van der Waals surface area (Å²) >= 11 is 6.05. The number of rotatable bonds is 8. The fraction of sp³-hybridized carbons (Fsp3) is 0.529. The number of nitrogens with one attached hydrogen (secondary N) is 1. The summed E-state index contributed by atoms with van der Waals surface area (Å²) < 4.78 is 31.4. The van der Waals surface area contributed by atoms with Gasteiger partial charge < -0.3 is 10.1 Å². The Morgan fingerprint density at radius 1 is 1.31 bits per heavy atom. The Kier molecular flexibility index (Phi) is 6.65. The topological polar surface area (TPSA) is 92.8 Å². The van der Waals surface area contributed by atoms with Crippen LogP contribution in [-0.2, 0) is 24.3 Å². The molecule has 0 bridgehead atoms. The number of halogens is 1. The van der Waals surface area contributed by atoms with Gasteiger partial charge in [0.05, 0.1) is 21.5 Å². The van der Waals surface area contributed by atoms with Gasteiger partial charge in [-0.05, 0) is 30.5 Å². The number of nitrogens with zero attached hydrogens (tertiary/aromatic N) is 1. The summed E-state index contributed by atoms with van der Waals surface area (Å²) in [6.07, 6.45) is 0.775. The van der Waals surface area contributed by atoms with Gasteiger partial charge in [-0.3, -0.25) is 9.59 Å². The maximum Gasteiger partial charge on any atom is 0.309 e. The van der Waals surface area contributed by atoms with E-state index < -0.39 is 28.5 Å². The molecule has 1 N–H and O–H groups in total. The van der Waals surface area contributed by atoms with E-state index in [2.05, 4.69) is 5.32 Å². The molecule has 26 heavy (non-hydrogen) atoms. The second-order valence-electron chi connectivity index (χ2n) is 6.21. The zero-order valence-corrected chi connectivity index (χ0v) is 16.6. The second-order valence-corrected chi connectivity index (χ2v) is 8.55. The Morgan fingerprint density at radius 3 is 2.46 bits per heavy atom. The van der Waals surface area contributed by atoms with Gasteiger partial charge in [0, 0.05) is 13.1 Å². The minimum absolute atomic E-state index is 0.0321. The van der Waals surface area contributed by atoms with E-state index >= 15 is 0 Å². The largest absolute Gasteiger partial charge is 0.455 e. The summed E-state index contributed by atoms with van der Waals surface area (Å²) in [7, 11) is -3.67. The highest BCUT2D eigenvalue weighted by atomic mass is 35.5. The molecule has 1 fully saturated rings. The fourth-order valence-corrected chi connectivity index (χ4v) is 4.20. The van der Waals surface area contributed by atoms with Crippen molar-refractivity contribution < 1.29 is 22.7 Å². The molecule has 2 rings (SSSR count). The van der Waals surface area contributed by atoms with Crippen molar-refractivity contribution in [3.8, 4) is 0 Å². The number of benzene rings is 1. The molecule has 1 aromatic carbocycles. The van der Waals surface area contributed by atoms with Crippen molar-refractivity contribution in [2.24, 2.45) is 11.8 Å². The van der Waals surface area contributed by atoms with Gasteiger partial charge in [-0.1, -0.05) is 32.4 Å². The second kappa shape index (κ2) is 8.37. The Balaban J connectivity index is 2.07. The fourth-order valence-electron chi connectivity index (χ4n) is 2.55. The molecule has 0 aliphatic heterocycles. The van der Waals surface area contributed by atoms with Gasteiger partial charge in [-0.2, -0.15) is 4.31 Å². The Morgan fingerprint density at radius 2 is 1.92 bits per heavy atom. The van der Waals surface area contributed by atoms with Crippen LogP contribution in [-0.4, -0.2) is 44.3 Å². The molecule has 0 spiro atoms. The van der Waals surface area contributed by atoms with Crippen LogP contribution in [0.25, 0.3) is 0 Å². The number of carbonyl (C=O) groups is 2. The highest BCUT2D eigenvalue weighted by Crippen LogP contribution is 2.38. The molecule has 2 atom stereocenters. The van der Waals surface area contributed by atoms with E-state index in [4.69, 9.17) is 16.3 Å². The monoisotopic (exact) mass is 402 g/mol.